The van der Waals surface area contributed by atoms with Crippen molar-refractivity contribution < 1.29 is 14.7 Å². The molecule has 1 aliphatic carbocycles. The van der Waals surface area contributed by atoms with E-state index in [1.54, 1.807) is 0 Å². The maximum absolute atomic E-state index is 10.7. The van der Waals surface area contributed by atoms with Crippen LogP contribution in [0.3, 0.4) is 0 Å². The summed E-state index contributed by atoms with van der Waals surface area (Å²) in [5.74, 6) is -0.212. The highest BCUT2D eigenvalue weighted by Gasteiger charge is 2.29. The molecule has 0 atom stereocenters. The van der Waals surface area contributed by atoms with E-state index in [0.717, 1.165) is 31.7 Å². The fourth-order valence-corrected chi connectivity index (χ4v) is 4.14. The van der Waals surface area contributed by atoms with Gasteiger partial charge in [-0.25, -0.2) is 0 Å². The molecule has 3 nitrogen and oxygen atoms in total. The topological polar surface area (TPSA) is 57.5 Å². The van der Waals surface area contributed by atoms with Gasteiger partial charge in [-0.05, 0) is 50.7 Å². The third kappa shape index (κ3) is 3.80. The Balaban J connectivity index is 2.33. The molecule has 0 aliphatic heterocycles. The summed E-state index contributed by atoms with van der Waals surface area (Å²) >= 11 is 0. The number of aliphatic carboxylic acids is 1. The van der Waals surface area contributed by atoms with Crippen LogP contribution < -0.4 is 0 Å². The molecular formula is C10H20O3Si. The van der Waals surface area contributed by atoms with E-state index in [-0.39, 0.29) is 5.92 Å². The maximum Gasteiger partial charge on any atom is 0.306 e. The maximum atomic E-state index is 10.7. The van der Waals surface area contributed by atoms with Crippen molar-refractivity contribution in [3.8, 4) is 0 Å². The quantitative estimate of drug-likeness (QED) is 0.710. The van der Waals surface area contributed by atoms with Crippen molar-refractivity contribution in [3.05, 3.63) is 0 Å². The Hall–Kier alpha value is -0.353. The van der Waals surface area contributed by atoms with E-state index in [2.05, 4.69) is 0 Å². The van der Waals surface area contributed by atoms with Gasteiger partial charge in [-0.1, -0.05) is 0 Å². The van der Waals surface area contributed by atoms with Gasteiger partial charge in [0.1, 0.15) is 0 Å². The zero-order chi connectivity index (χ0) is 10.8. The second-order valence-electron chi connectivity index (χ2n) is 5.07. The van der Waals surface area contributed by atoms with Gasteiger partial charge in [0.2, 0.25) is 0 Å². The highest BCUT2D eigenvalue weighted by molar-refractivity contribution is 6.69. The monoisotopic (exact) mass is 216 g/mol. The molecule has 2 N–H and O–H groups in total. The molecule has 14 heavy (non-hydrogen) atoms. The third-order valence-electron chi connectivity index (χ3n) is 2.98. The highest BCUT2D eigenvalue weighted by Crippen LogP contribution is 2.33. The minimum atomic E-state index is -1.94. The van der Waals surface area contributed by atoms with Crippen LogP contribution in [0.2, 0.25) is 19.1 Å². The molecule has 1 aliphatic rings. The van der Waals surface area contributed by atoms with E-state index in [1.165, 1.54) is 0 Å². The lowest BCUT2D eigenvalue weighted by molar-refractivity contribution is -0.143. The fourth-order valence-electron chi connectivity index (χ4n) is 2.32. The minimum absolute atomic E-state index is 0.130. The molecule has 1 fully saturated rings. The molecule has 4 heteroatoms. The van der Waals surface area contributed by atoms with Gasteiger partial charge in [-0.3, -0.25) is 4.79 Å². The SMILES string of the molecule is C[Si](C)(O)CC1CCC(C(=O)O)CC1. The van der Waals surface area contributed by atoms with Gasteiger partial charge in [0, 0.05) is 0 Å². The average molecular weight is 216 g/mol. The first-order valence-electron chi connectivity index (χ1n) is 5.33. The fraction of sp³-hybridized carbons (Fsp3) is 0.900. The van der Waals surface area contributed by atoms with E-state index in [9.17, 15) is 9.59 Å². The molecule has 0 saturated heterocycles. The summed E-state index contributed by atoms with van der Waals surface area (Å²) in [7, 11) is -1.94. The van der Waals surface area contributed by atoms with Gasteiger partial charge in [0.15, 0.2) is 8.32 Å². The number of carboxylic acid groups (broad SMARTS) is 1. The Morgan fingerprint density at radius 2 is 1.79 bits per heavy atom. The number of carboxylic acids is 1. The van der Waals surface area contributed by atoms with Crippen LogP contribution in [-0.2, 0) is 4.79 Å². The van der Waals surface area contributed by atoms with Gasteiger partial charge >= 0.3 is 5.97 Å². The predicted octanol–water partition coefficient (Wildman–Crippen LogP) is 2.07. The van der Waals surface area contributed by atoms with Gasteiger partial charge in [0.05, 0.1) is 5.92 Å². The van der Waals surface area contributed by atoms with Crippen LogP contribution in [0.25, 0.3) is 0 Å². The molecule has 0 aromatic heterocycles. The van der Waals surface area contributed by atoms with Gasteiger partial charge in [-0.2, -0.15) is 0 Å². The van der Waals surface area contributed by atoms with E-state index in [4.69, 9.17) is 5.11 Å². The highest BCUT2D eigenvalue weighted by atomic mass is 28.4. The van der Waals surface area contributed by atoms with Crippen LogP contribution in [0.4, 0.5) is 0 Å². The van der Waals surface area contributed by atoms with E-state index in [1.807, 2.05) is 13.1 Å². The second-order valence-corrected chi connectivity index (χ2v) is 9.11. The number of carbonyl (C=O) groups is 1. The molecular weight excluding hydrogens is 196 g/mol. The lowest BCUT2D eigenvalue weighted by Crippen LogP contribution is -2.31. The zero-order valence-corrected chi connectivity index (χ0v) is 9.99. The standard InChI is InChI=1S/C10H20O3Si/c1-14(2,13)7-8-3-5-9(6-4-8)10(11)12/h8-9,13H,3-7H2,1-2H3,(H,11,12). The number of rotatable bonds is 3. The van der Waals surface area contributed by atoms with E-state index in [0.29, 0.717) is 5.92 Å². The Kier molecular flexibility index (Phi) is 3.72. The third-order valence-corrected chi connectivity index (χ3v) is 4.56. The van der Waals surface area contributed by atoms with Crippen molar-refractivity contribution in [1.82, 2.24) is 0 Å². The first-order chi connectivity index (χ1) is 6.38. The molecule has 82 valence electrons. The first-order valence-corrected chi connectivity index (χ1v) is 8.49. The Bertz CT molecular complexity index is 202. The molecule has 0 spiro atoms. The molecule has 0 heterocycles. The van der Waals surface area contributed by atoms with E-state index >= 15 is 0 Å². The summed E-state index contributed by atoms with van der Waals surface area (Å²) in [6.07, 6.45) is 3.55. The van der Waals surface area contributed by atoms with Crippen LogP contribution in [-0.4, -0.2) is 24.2 Å². The lowest BCUT2D eigenvalue weighted by Gasteiger charge is -2.29. The average Bonchev–Trinajstić information content (AvgIpc) is 2.02. The van der Waals surface area contributed by atoms with Crippen molar-refractivity contribution in [2.75, 3.05) is 0 Å². The molecule has 1 saturated carbocycles. The molecule has 1 rings (SSSR count). The largest absolute Gasteiger partial charge is 0.481 e. The van der Waals surface area contributed by atoms with Crippen molar-refractivity contribution in [2.24, 2.45) is 11.8 Å². The molecule has 0 aromatic carbocycles. The van der Waals surface area contributed by atoms with Crippen LogP contribution in [0.5, 0.6) is 0 Å². The molecule has 0 amide bonds. The lowest BCUT2D eigenvalue weighted by atomic mass is 9.83. The van der Waals surface area contributed by atoms with Crippen LogP contribution in [0, 0.1) is 11.8 Å². The Morgan fingerprint density at radius 3 is 2.14 bits per heavy atom. The molecule has 0 radical (unpaired) electrons. The molecule has 0 aromatic rings. The summed E-state index contributed by atoms with van der Waals surface area (Å²) in [4.78, 5) is 20.5. The summed E-state index contributed by atoms with van der Waals surface area (Å²) in [6.45, 7) is 3.91. The van der Waals surface area contributed by atoms with Crippen molar-refractivity contribution in [1.29, 1.82) is 0 Å². The van der Waals surface area contributed by atoms with Crippen molar-refractivity contribution in [3.63, 3.8) is 0 Å². The van der Waals surface area contributed by atoms with Crippen LogP contribution in [0.15, 0.2) is 0 Å². The minimum Gasteiger partial charge on any atom is -0.481 e. The zero-order valence-electron chi connectivity index (χ0n) is 8.99. The number of hydrogen-bond donors (Lipinski definition) is 2. The smallest absolute Gasteiger partial charge is 0.306 e. The Labute approximate surface area is 86.3 Å². The normalized spacial score (nSPS) is 28.8. The summed E-state index contributed by atoms with van der Waals surface area (Å²) in [5, 5.41) is 8.82. The van der Waals surface area contributed by atoms with Crippen LogP contribution >= 0.6 is 0 Å². The first kappa shape index (κ1) is 11.7. The summed E-state index contributed by atoms with van der Waals surface area (Å²) in [6, 6.07) is 0.930. The van der Waals surface area contributed by atoms with E-state index < -0.39 is 14.3 Å². The van der Waals surface area contributed by atoms with Crippen molar-refractivity contribution >= 4 is 14.3 Å². The van der Waals surface area contributed by atoms with Gasteiger partial charge in [-0.15, -0.1) is 0 Å². The summed E-state index contributed by atoms with van der Waals surface area (Å²) < 4.78 is 0. The van der Waals surface area contributed by atoms with Gasteiger partial charge < -0.3 is 9.90 Å². The van der Waals surface area contributed by atoms with Crippen molar-refractivity contribution in [2.45, 2.75) is 44.8 Å². The predicted molar refractivity (Wildman–Crippen MR) is 57.6 cm³/mol. The molecule has 0 bridgehead atoms. The van der Waals surface area contributed by atoms with Gasteiger partial charge in [0.25, 0.3) is 0 Å². The molecule has 0 unspecified atom stereocenters. The summed E-state index contributed by atoms with van der Waals surface area (Å²) in [5.41, 5.74) is 0. The number of hydrogen-bond acceptors (Lipinski definition) is 2. The van der Waals surface area contributed by atoms with Crippen LogP contribution in [0.1, 0.15) is 25.7 Å². The second kappa shape index (κ2) is 4.44. The Morgan fingerprint density at radius 1 is 1.29 bits per heavy atom.